The highest BCUT2D eigenvalue weighted by Crippen LogP contribution is 2.67. The number of amides is 2. The predicted octanol–water partition coefficient (Wildman–Crippen LogP) is -3.41. The SMILES string of the molecule is BC1C(B)[C@](B)(C(C)C)C(B)C(B)[C@]1(B)OC[C@H]1[C@@H](NS(C)(=O)=O)CCCN1C(=O)NCC. The third-order valence-electron chi connectivity index (χ3n) is 9.81. The molecular formula is C19H43B6N3O4S. The van der Waals surface area contributed by atoms with Crippen molar-refractivity contribution in [1.82, 2.24) is 14.9 Å². The summed E-state index contributed by atoms with van der Waals surface area (Å²) in [6.07, 6.45) is 2.63. The summed E-state index contributed by atoms with van der Waals surface area (Å²) in [5, 5.41) is 3.09. The molecule has 182 valence electrons. The molecule has 1 heterocycles. The molecule has 1 aliphatic heterocycles. The third-order valence-corrected chi connectivity index (χ3v) is 10.5. The van der Waals surface area contributed by atoms with Crippen molar-refractivity contribution < 1.29 is 17.9 Å². The van der Waals surface area contributed by atoms with Crippen LogP contribution in [0.1, 0.15) is 33.6 Å². The Labute approximate surface area is 207 Å². The van der Waals surface area contributed by atoms with E-state index in [2.05, 4.69) is 71.0 Å². The van der Waals surface area contributed by atoms with Gasteiger partial charge in [0.15, 0.2) is 0 Å². The third kappa shape index (κ3) is 5.69. The topological polar surface area (TPSA) is 87.7 Å². The average molecular weight is 475 g/mol. The maximum atomic E-state index is 12.8. The number of sulfonamides is 1. The molecule has 6 atom stereocenters. The number of hydrogen-bond donors (Lipinski definition) is 2. The fraction of sp³-hybridized carbons (Fsp3) is 0.947. The lowest BCUT2D eigenvalue weighted by Gasteiger charge is -2.62. The van der Waals surface area contributed by atoms with Crippen molar-refractivity contribution in [3.63, 3.8) is 0 Å². The smallest absolute Gasteiger partial charge is 0.317 e. The van der Waals surface area contributed by atoms with Crippen LogP contribution in [0.2, 0.25) is 28.6 Å². The van der Waals surface area contributed by atoms with Crippen molar-refractivity contribution in [3.8, 4) is 0 Å². The number of likely N-dealkylation sites (tertiary alicyclic amines) is 1. The number of nitrogens with one attached hydrogen (secondary N) is 2. The first-order valence-electron chi connectivity index (χ1n) is 12.8. The Kier molecular flexibility index (Phi) is 9.28. The first-order chi connectivity index (χ1) is 15.1. The summed E-state index contributed by atoms with van der Waals surface area (Å²) in [5.74, 6) is 2.12. The van der Waals surface area contributed by atoms with E-state index in [4.69, 9.17) is 4.74 Å². The van der Waals surface area contributed by atoms with Crippen molar-refractivity contribution in [2.24, 2.45) is 5.92 Å². The summed E-state index contributed by atoms with van der Waals surface area (Å²) in [5.41, 5.74) is -0.368. The molecule has 0 aromatic heterocycles. The Morgan fingerprint density at radius 3 is 2.12 bits per heavy atom. The second kappa shape index (κ2) is 10.7. The number of hydrogen-bond acceptors (Lipinski definition) is 4. The fourth-order valence-electron chi connectivity index (χ4n) is 6.66. The molecule has 1 saturated heterocycles. The van der Waals surface area contributed by atoms with Gasteiger partial charge in [-0.05, 0) is 25.7 Å². The Hall–Kier alpha value is -0.470. The van der Waals surface area contributed by atoms with Gasteiger partial charge in [0.25, 0.3) is 0 Å². The normalized spacial score (nSPS) is 40.0. The molecule has 7 nitrogen and oxygen atoms in total. The van der Waals surface area contributed by atoms with Crippen molar-refractivity contribution >= 4 is 63.1 Å². The van der Waals surface area contributed by atoms with E-state index in [1.807, 2.05) is 6.92 Å². The lowest BCUT2D eigenvalue weighted by Crippen LogP contribution is -2.62. The molecule has 0 aromatic rings. The first kappa shape index (κ1) is 28.8. The summed E-state index contributed by atoms with van der Waals surface area (Å²) in [7, 11) is 10.5. The maximum absolute atomic E-state index is 12.8. The number of rotatable bonds is 7. The van der Waals surface area contributed by atoms with Crippen LogP contribution in [0.15, 0.2) is 0 Å². The minimum atomic E-state index is -3.40. The van der Waals surface area contributed by atoms with Crippen LogP contribution < -0.4 is 10.0 Å². The number of carbonyl (C=O) groups is 1. The van der Waals surface area contributed by atoms with Gasteiger partial charge in [0.05, 0.1) is 18.9 Å². The number of piperidine rings is 1. The van der Waals surface area contributed by atoms with E-state index in [1.165, 1.54) is 6.26 Å². The molecule has 0 aromatic carbocycles. The molecule has 0 bridgehead atoms. The summed E-state index contributed by atoms with van der Waals surface area (Å²) in [6.45, 7) is 7.98. The van der Waals surface area contributed by atoms with Crippen LogP contribution in [0.3, 0.4) is 0 Å². The maximum Gasteiger partial charge on any atom is 0.317 e. The summed E-state index contributed by atoms with van der Waals surface area (Å²) in [6, 6.07) is -0.861. The van der Waals surface area contributed by atoms with Crippen molar-refractivity contribution in [1.29, 1.82) is 0 Å². The number of ether oxygens (including phenoxy) is 1. The van der Waals surface area contributed by atoms with Crippen LogP contribution in [0.4, 0.5) is 4.79 Å². The monoisotopic (exact) mass is 475 g/mol. The van der Waals surface area contributed by atoms with Crippen molar-refractivity contribution in [2.75, 3.05) is 26.0 Å². The Morgan fingerprint density at radius 2 is 1.67 bits per heavy atom. The molecule has 4 unspecified atom stereocenters. The van der Waals surface area contributed by atoms with Gasteiger partial charge in [-0.15, -0.1) is 0 Å². The van der Waals surface area contributed by atoms with Crippen molar-refractivity contribution in [2.45, 2.75) is 79.8 Å². The van der Waals surface area contributed by atoms with E-state index in [1.54, 1.807) is 4.90 Å². The minimum absolute atomic E-state index is 0.157. The highest BCUT2D eigenvalue weighted by molar-refractivity contribution is 7.88. The number of nitrogens with zero attached hydrogens (tertiary/aromatic N) is 1. The van der Waals surface area contributed by atoms with Gasteiger partial charge < -0.3 is 15.0 Å². The van der Waals surface area contributed by atoms with Gasteiger partial charge in [-0.25, -0.2) is 17.9 Å². The second-order valence-electron chi connectivity index (χ2n) is 11.4. The van der Waals surface area contributed by atoms with Crippen molar-refractivity contribution in [3.05, 3.63) is 0 Å². The highest BCUT2D eigenvalue weighted by Gasteiger charge is 2.56. The first-order valence-corrected chi connectivity index (χ1v) is 14.7. The van der Waals surface area contributed by atoms with Gasteiger partial charge in [0, 0.05) is 24.6 Å². The Balaban J connectivity index is 2.33. The number of urea groups is 1. The van der Waals surface area contributed by atoms with E-state index < -0.39 is 10.0 Å². The van der Waals surface area contributed by atoms with Crippen LogP contribution in [0.25, 0.3) is 0 Å². The van der Waals surface area contributed by atoms with E-state index in [-0.39, 0.29) is 28.9 Å². The second-order valence-corrected chi connectivity index (χ2v) is 13.2. The summed E-state index contributed by atoms with van der Waals surface area (Å²) in [4.78, 5) is 14.6. The van der Waals surface area contributed by atoms with Gasteiger partial charge in [-0.3, -0.25) is 0 Å². The van der Waals surface area contributed by atoms with Crippen LogP contribution >= 0.6 is 0 Å². The molecule has 14 heteroatoms. The van der Waals surface area contributed by atoms with E-state index >= 15 is 0 Å². The van der Waals surface area contributed by atoms with Crippen LogP contribution in [-0.2, 0) is 14.8 Å². The van der Waals surface area contributed by atoms with E-state index in [0.717, 1.165) is 6.42 Å². The van der Waals surface area contributed by atoms with E-state index in [0.29, 0.717) is 55.3 Å². The zero-order chi connectivity index (χ0) is 25.4. The van der Waals surface area contributed by atoms with E-state index in [9.17, 15) is 13.2 Å². The largest absolute Gasteiger partial charge is 0.383 e. The minimum Gasteiger partial charge on any atom is -0.383 e. The summed E-state index contributed by atoms with van der Waals surface area (Å²) < 4.78 is 33.7. The lowest BCUT2D eigenvalue weighted by molar-refractivity contribution is -0.0462. The fourth-order valence-corrected chi connectivity index (χ4v) is 7.48. The summed E-state index contributed by atoms with van der Waals surface area (Å²) >= 11 is 0. The number of carbonyl (C=O) groups excluding carboxylic acids is 1. The zero-order valence-corrected chi connectivity index (χ0v) is 23.4. The molecule has 2 aliphatic rings. The molecule has 2 fully saturated rings. The van der Waals surface area contributed by atoms with Gasteiger partial charge in [-0.2, -0.15) is 0 Å². The molecular weight excluding hydrogens is 431 g/mol. The molecule has 2 amide bonds. The van der Waals surface area contributed by atoms with Gasteiger partial charge >= 0.3 is 6.03 Å². The van der Waals surface area contributed by atoms with Gasteiger partial charge in [-0.1, -0.05) is 42.4 Å². The van der Waals surface area contributed by atoms with Crippen LogP contribution in [0, 0.1) is 5.92 Å². The molecule has 33 heavy (non-hydrogen) atoms. The van der Waals surface area contributed by atoms with Crippen LogP contribution in [0.5, 0.6) is 0 Å². The van der Waals surface area contributed by atoms with Gasteiger partial charge in [0.2, 0.25) is 10.0 Å². The van der Waals surface area contributed by atoms with Gasteiger partial charge in [0.1, 0.15) is 47.1 Å². The molecule has 2 rings (SSSR count). The predicted molar refractivity (Wildman–Crippen MR) is 153 cm³/mol. The lowest BCUT2D eigenvalue weighted by atomic mass is 9.25. The molecule has 0 spiro atoms. The highest BCUT2D eigenvalue weighted by atomic mass is 32.2. The molecule has 1 saturated carbocycles. The van der Waals surface area contributed by atoms with Crippen LogP contribution in [-0.4, -0.2) is 110 Å². The Bertz CT molecular complexity index is 788. The molecule has 0 radical (unpaired) electrons. The zero-order valence-electron chi connectivity index (χ0n) is 22.6. The Morgan fingerprint density at radius 1 is 1.12 bits per heavy atom. The standard InChI is InChI=1S/C19H43B6N3O4S/c1-5-26-17(29)28-8-6-7-11(27-33(4,30)31)12(28)9-32-19(25)15(22)13(20)18(24,10(2)3)14(21)16(19)23/h10-16,27H,5-9,20-25H2,1-4H3,(H,26,29)/t11-,12-,13?,14?,15?,16?,18-,19-/m0/s1. The quantitative estimate of drug-likeness (QED) is 0.377. The average Bonchev–Trinajstić information content (AvgIpc) is 2.73. The molecule has 1 aliphatic carbocycles. The molecule has 2 N–H and O–H groups in total.